The van der Waals surface area contributed by atoms with Crippen molar-refractivity contribution in [3.05, 3.63) is 83.2 Å². The molecule has 35 heavy (non-hydrogen) atoms. The summed E-state index contributed by atoms with van der Waals surface area (Å²) in [7, 11) is 2.98. The van der Waals surface area contributed by atoms with E-state index in [9.17, 15) is 14.4 Å². The first-order valence-corrected chi connectivity index (χ1v) is 11.2. The lowest BCUT2D eigenvalue weighted by Gasteiger charge is -2.40. The number of anilines is 1. The highest BCUT2D eigenvalue weighted by Gasteiger charge is 2.49. The van der Waals surface area contributed by atoms with Crippen LogP contribution in [0, 0.1) is 0 Å². The molecule has 0 unspecified atom stereocenters. The fraction of sp³-hybridized carbons (Fsp3) is 0.231. The number of carbonyl (C=O) groups is 3. The molecule has 1 N–H and O–H groups in total. The first-order valence-electron chi connectivity index (χ1n) is 11.2. The number of rotatable bonds is 7. The van der Waals surface area contributed by atoms with Crippen molar-refractivity contribution >= 4 is 23.4 Å². The van der Waals surface area contributed by atoms with Crippen LogP contribution in [0.2, 0.25) is 0 Å². The lowest BCUT2D eigenvalue weighted by Crippen LogP contribution is -2.49. The quantitative estimate of drug-likeness (QED) is 0.568. The number of pyridine rings is 1. The van der Waals surface area contributed by atoms with Crippen molar-refractivity contribution < 1.29 is 23.9 Å². The smallest absolute Gasteiger partial charge is 0.264 e. The number of benzene rings is 2. The Morgan fingerprint density at radius 2 is 1.80 bits per heavy atom. The molecule has 2 aliphatic heterocycles. The molecule has 0 bridgehead atoms. The van der Waals surface area contributed by atoms with Gasteiger partial charge in [0.05, 0.1) is 43.3 Å². The summed E-state index contributed by atoms with van der Waals surface area (Å²) in [6.07, 6.45) is 1.04. The van der Waals surface area contributed by atoms with Gasteiger partial charge in [-0.1, -0.05) is 24.3 Å². The number of methoxy groups -OCH3 is 2. The third-order valence-corrected chi connectivity index (χ3v) is 6.26. The Kier molecular flexibility index (Phi) is 5.82. The molecule has 5 rings (SSSR count). The minimum atomic E-state index is -0.691. The Morgan fingerprint density at radius 3 is 2.54 bits per heavy atom. The standard InChI is InChI=1S/C26H24N4O5/c1-34-20-11-10-18-22(23(20)35-2)26(33)30-19-9-4-3-8-17(19)25(32)29(24(18)30)14-12-21(31)28-15-16-7-5-6-13-27-16/h3-11,13,24H,12,14-15H2,1-2H3,(H,28,31)/t24-/m1/s1. The van der Waals surface area contributed by atoms with Crippen LogP contribution in [0.25, 0.3) is 0 Å². The molecule has 2 aromatic carbocycles. The van der Waals surface area contributed by atoms with Gasteiger partial charge >= 0.3 is 0 Å². The molecular weight excluding hydrogens is 448 g/mol. The minimum Gasteiger partial charge on any atom is -0.493 e. The van der Waals surface area contributed by atoms with E-state index in [4.69, 9.17) is 9.47 Å². The number of aromatic nitrogens is 1. The molecule has 0 aliphatic carbocycles. The number of nitrogens with zero attached hydrogens (tertiary/aromatic N) is 3. The highest BCUT2D eigenvalue weighted by atomic mass is 16.5. The van der Waals surface area contributed by atoms with Gasteiger partial charge in [-0.2, -0.15) is 0 Å². The van der Waals surface area contributed by atoms with Crippen molar-refractivity contribution in [2.24, 2.45) is 0 Å². The number of amides is 3. The third kappa shape index (κ3) is 3.74. The molecule has 0 spiro atoms. The van der Waals surface area contributed by atoms with E-state index >= 15 is 0 Å². The van der Waals surface area contributed by atoms with Crippen molar-refractivity contribution in [1.82, 2.24) is 15.2 Å². The highest BCUT2D eigenvalue weighted by molar-refractivity contribution is 6.18. The molecule has 1 atom stereocenters. The Labute approximate surface area is 202 Å². The van der Waals surface area contributed by atoms with Gasteiger partial charge in [0.25, 0.3) is 11.8 Å². The zero-order chi connectivity index (χ0) is 24.5. The van der Waals surface area contributed by atoms with Crippen LogP contribution in [0.4, 0.5) is 5.69 Å². The SMILES string of the molecule is COc1ccc2c(c1OC)C(=O)N1c3ccccc3C(=O)N(CCC(=O)NCc3ccccn3)[C@@H]21. The summed E-state index contributed by atoms with van der Waals surface area (Å²) in [5, 5.41) is 2.84. The van der Waals surface area contributed by atoms with Gasteiger partial charge in [-0.25, -0.2) is 0 Å². The summed E-state index contributed by atoms with van der Waals surface area (Å²) in [6.45, 7) is 0.424. The Hall–Kier alpha value is -4.40. The second-order valence-electron chi connectivity index (χ2n) is 8.18. The van der Waals surface area contributed by atoms with Crippen LogP contribution in [0.5, 0.6) is 11.5 Å². The lowest BCUT2D eigenvalue weighted by molar-refractivity contribution is -0.121. The summed E-state index contributed by atoms with van der Waals surface area (Å²) < 4.78 is 10.9. The number of ether oxygens (including phenoxy) is 2. The Bertz CT molecular complexity index is 1310. The Balaban J connectivity index is 1.46. The van der Waals surface area contributed by atoms with Crippen molar-refractivity contribution in [3.8, 4) is 11.5 Å². The molecule has 2 aliphatic rings. The number of hydrogen-bond acceptors (Lipinski definition) is 6. The minimum absolute atomic E-state index is 0.0713. The number of hydrogen-bond donors (Lipinski definition) is 1. The van der Waals surface area contributed by atoms with E-state index in [-0.39, 0.29) is 30.7 Å². The fourth-order valence-electron chi connectivity index (χ4n) is 4.65. The molecule has 9 nitrogen and oxygen atoms in total. The number of nitrogens with one attached hydrogen (secondary N) is 1. The van der Waals surface area contributed by atoms with Crippen molar-refractivity contribution in [2.75, 3.05) is 25.7 Å². The van der Waals surface area contributed by atoms with Crippen molar-refractivity contribution in [1.29, 1.82) is 0 Å². The zero-order valence-electron chi connectivity index (χ0n) is 19.4. The molecule has 3 heterocycles. The van der Waals surface area contributed by atoms with Crippen LogP contribution in [0.1, 0.15) is 44.6 Å². The van der Waals surface area contributed by atoms with E-state index in [1.807, 2.05) is 18.2 Å². The van der Waals surface area contributed by atoms with Gasteiger partial charge in [0.2, 0.25) is 5.91 Å². The van der Waals surface area contributed by atoms with Crippen LogP contribution in [-0.4, -0.2) is 48.4 Å². The molecular formula is C26H24N4O5. The van der Waals surface area contributed by atoms with E-state index in [0.717, 1.165) is 5.69 Å². The number of carbonyl (C=O) groups excluding carboxylic acids is 3. The van der Waals surface area contributed by atoms with E-state index in [1.54, 1.807) is 52.4 Å². The monoisotopic (exact) mass is 472 g/mol. The van der Waals surface area contributed by atoms with Crippen LogP contribution < -0.4 is 19.7 Å². The predicted octanol–water partition coefficient (Wildman–Crippen LogP) is 2.92. The summed E-state index contributed by atoms with van der Waals surface area (Å²) in [5.41, 5.74) is 2.66. The van der Waals surface area contributed by atoms with E-state index in [2.05, 4.69) is 10.3 Å². The van der Waals surface area contributed by atoms with Crippen molar-refractivity contribution in [2.45, 2.75) is 19.1 Å². The third-order valence-electron chi connectivity index (χ3n) is 6.26. The first kappa shape index (κ1) is 22.4. The Morgan fingerprint density at radius 1 is 1.00 bits per heavy atom. The van der Waals surface area contributed by atoms with Gasteiger partial charge in [-0.05, 0) is 30.3 Å². The van der Waals surface area contributed by atoms with Crippen molar-refractivity contribution in [3.63, 3.8) is 0 Å². The average molecular weight is 473 g/mol. The fourth-order valence-corrected chi connectivity index (χ4v) is 4.65. The van der Waals surface area contributed by atoms with Crippen LogP contribution in [0.3, 0.4) is 0 Å². The topological polar surface area (TPSA) is 101 Å². The van der Waals surface area contributed by atoms with Crippen LogP contribution >= 0.6 is 0 Å². The van der Waals surface area contributed by atoms with Crippen LogP contribution in [0.15, 0.2) is 60.8 Å². The van der Waals surface area contributed by atoms with Gasteiger partial charge < -0.3 is 19.7 Å². The maximum Gasteiger partial charge on any atom is 0.264 e. The number of fused-ring (bicyclic) bond motifs is 5. The average Bonchev–Trinajstić information content (AvgIpc) is 3.19. The summed E-state index contributed by atoms with van der Waals surface area (Å²) >= 11 is 0. The summed E-state index contributed by atoms with van der Waals surface area (Å²) in [5.74, 6) is 0.00715. The van der Waals surface area contributed by atoms with E-state index in [1.165, 1.54) is 14.2 Å². The second-order valence-corrected chi connectivity index (χ2v) is 8.18. The molecule has 0 saturated heterocycles. The lowest BCUT2D eigenvalue weighted by atomic mass is 10.0. The molecule has 0 radical (unpaired) electrons. The summed E-state index contributed by atoms with van der Waals surface area (Å²) in [4.78, 5) is 47.2. The molecule has 1 aromatic heterocycles. The molecule has 178 valence electrons. The maximum atomic E-state index is 13.7. The molecule has 3 aromatic rings. The maximum absolute atomic E-state index is 13.7. The van der Waals surface area contributed by atoms with Crippen LogP contribution in [-0.2, 0) is 11.3 Å². The molecule has 9 heteroatoms. The first-order chi connectivity index (χ1) is 17.0. The normalized spacial score (nSPS) is 15.9. The molecule has 0 fully saturated rings. The molecule has 3 amide bonds. The molecule has 0 saturated carbocycles. The largest absolute Gasteiger partial charge is 0.493 e. The van der Waals surface area contributed by atoms with E-state index in [0.29, 0.717) is 40.4 Å². The highest BCUT2D eigenvalue weighted by Crippen LogP contribution is 2.49. The van der Waals surface area contributed by atoms with Gasteiger partial charge in [0.15, 0.2) is 11.5 Å². The van der Waals surface area contributed by atoms with Gasteiger partial charge in [0, 0.05) is 24.7 Å². The predicted molar refractivity (Wildman–Crippen MR) is 127 cm³/mol. The summed E-state index contributed by atoms with van der Waals surface area (Å²) in [6, 6.07) is 16.0. The van der Waals surface area contributed by atoms with Gasteiger partial charge in [-0.3, -0.25) is 24.3 Å². The van der Waals surface area contributed by atoms with Gasteiger partial charge in [-0.15, -0.1) is 0 Å². The zero-order valence-corrected chi connectivity index (χ0v) is 19.4. The second kappa shape index (κ2) is 9.09. The van der Waals surface area contributed by atoms with Gasteiger partial charge in [0.1, 0.15) is 6.17 Å². The number of para-hydroxylation sites is 1. The van der Waals surface area contributed by atoms with E-state index < -0.39 is 6.17 Å².